The maximum absolute atomic E-state index is 12.8. The van der Waals surface area contributed by atoms with Crippen LogP contribution >= 0.6 is 12.2 Å². The van der Waals surface area contributed by atoms with E-state index in [4.69, 9.17) is 37.3 Å². The molecule has 0 unspecified atom stereocenters. The summed E-state index contributed by atoms with van der Waals surface area (Å²) in [6.45, 7) is 0. The molecule has 0 spiro atoms. The summed E-state index contributed by atoms with van der Waals surface area (Å²) < 4.78 is 38.5. The zero-order valence-electron chi connectivity index (χ0n) is 15.8. The molecule has 0 atom stereocenters. The SMILES string of the molecule is COc1cc(C(=O)NN(C(N)=S)c2ccc(S(N)(=O)=O)cc2)cc(OC)c1OC. The number of thiocarbonyl (C=S) groups is 1. The summed E-state index contributed by atoms with van der Waals surface area (Å²) in [5.41, 5.74) is 8.76. The molecule has 5 N–H and O–H groups in total. The van der Waals surface area contributed by atoms with E-state index in [0.717, 1.165) is 5.01 Å². The van der Waals surface area contributed by atoms with Crippen molar-refractivity contribution in [1.82, 2.24) is 5.43 Å². The molecule has 0 heterocycles. The summed E-state index contributed by atoms with van der Waals surface area (Å²) in [6.07, 6.45) is 0. The molecule has 10 nitrogen and oxygen atoms in total. The molecular weight excluding hydrogens is 420 g/mol. The highest BCUT2D eigenvalue weighted by atomic mass is 32.2. The lowest BCUT2D eigenvalue weighted by Gasteiger charge is -2.24. The topological polar surface area (TPSA) is 146 Å². The van der Waals surface area contributed by atoms with Crippen molar-refractivity contribution in [3.05, 3.63) is 42.0 Å². The van der Waals surface area contributed by atoms with Crippen LogP contribution in [-0.2, 0) is 10.0 Å². The second-order valence-electron chi connectivity index (χ2n) is 5.57. The van der Waals surface area contributed by atoms with E-state index in [1.165, 1.54) is 57.7 Å². The van der Waals surface area contributed by atoms with Crippen molar-refractivity contribution < 1.29 is 27.4 Å². The van der Waals surface area contributed by atoms with Gasteiger partial charge in [-0.15, -0.1) is 0 Å². The number of methoxy groups -OCH3 is 3. The molecule has 29 heavy (non-hydrogen) atoms. The normalized spacial score (nSPS) is 10.8. The second kappa shape index (κ2) is 8.94. The third-order valence-corrected chi connectivity index (χ3v) is 4.90. The molecule has 0 aliphatic carbocycles. The highest BCUT2D eigenvalue weighted by molar-refractivity contribution is 7.89. The standard InChI is InChI=1S/C17H20N4O6S2/c1-25-13-8-10(9-14(26-2)15(13)27-3)16(22)20-21(17(18)28)11-4-6-12(7-5-11)29(19,23)24/h4-9H,1-3H3,(H2,18,28)(H,20,22)(H2,19,23,24). The molecule has 12 heteroatoms. The lowest BCUT2D eigenvalue weighted by atomic mass is 10.1. The number of rotatable bonds is 6. The fourth-order valence-electron chi connectivity index (χ4n) is 2.41. The van der Waals surface area contributed by atoms with Gasteiger partial charge in [-0.25, -0.2) is 18.6 Å². The highest BCUT2D eigenvalue weighted by Crippen LogP contribution is 2.38. The quantitative estimate of drug-likeness (QED) is 0.437. The van der Waals surface area contributed by atoms with Crippen molar-refractivity contribution in [3.63, 3.8) is 0 Å². The van der Waals surface area contributed by atoms with Gasteiger partial charge in [0.2, 0.25) is 15.8 Å². The Bertz CT molecular complexity index is 1000. The van der Waals surface area contributed by atoms with Crippen LogP contribution in [0.4, 0.5) is 5.69 Å². The van der Waals surface area contributed by atoms with E-state index in [2.05, 4.69) is 5.43 Å². The van der Waals surface area contributed by atoms with E-state index in [9.17, 15) is 13.2 Å². The Kier molecular flexibility index (Phi) is 6.84. The largest absolute Gasteiger partial charge is 0.493 e. The fourth-order valence-corrected chi connectivity index (χ4v) is 3.08. The maximum Gasteiger partial charge on any atom is 0.270 e. The Morgan fingerprint density at radius 2 is 1.55 bits per heavy atom. The first-order valence-corrected chi connectivity index (χ1v) is 9.91. The first kappa shape index (κ1) is 22.2. The number of nitrogens with two attached hydrogens (primary N) is 2. The summed E-state index contributed by atoms with van der Waals surface area (Å²) in [4.78, 5) is 12.7. The van der Waals surface area contributed by atoms with E-state index < -0.39 is 15.9 Å². The molecule has 0 bridgehead atoms. The van der Waals surface area contributed by atoms with E-state index in [1.54, 1.807) is 0 Å². The monoisotopic (exact) mass is 440 g/mol. The first-order chi connectivity index (χ1) is 13.6. The number of amides is 1. The van der Waals surface area contributed by atoms with Crippen LogP contribution < -0.4 is 35.5 Å². The van der Waals surface area contributed by atoms with Crippen molar-refractivity contribution >= 4 is 38.9 Å². The zero-order chi connectivity index (χ0) is 21.8. The van der Waals surface area contributed by atoms with Crippen molar-refractivity contribution in [2.75, 3.05) is 26.3 Å². The van der Waals surface area contributed by atoms with Crippen LogP contribution in [0.25, 0.3) is 0 Å². The Labute approximate surface area is 173 Å². The van der Waals surface area contributed by atoms with E-state index in [0.29, 0.717) is 11.4 Å². The molecule has 0 saturated heterocycles. The number of primary sulfonamides is 1. The second-order valence-corrected chi connectivity index (χ2v) is 7.55. The van der Waals surface area contributed by atoms with Crippen LogP contribution in [0.2, 0.25) is 0 Å². The lowest BCUT2D eigenvalue weighted by molar-refractivity contribution is 0.0954. The minimum atomic E-state index is -3.86. The van der Waals surface area contributed by atoms with Gasteiger partial charge in [-0.2, -0.15) is 0 Å². The first-order valence-electron chi connectivity index (χ1n) is 7.95. The third-order valence-electron chi connectivity index (χ3n) is 3.78. The van der Waals surface area contributed by atoms with Gasteiger partial charge in [0.15, 0.2) is 16.6 Å². The van der Waals surface area contributed by atoms with E-state index in [-0.39, 0.29) is 27.1 Å². The Morgan fingerprint density at radius 1 is 1.03 bits per heavy atom. The average molecular weight is 441 g/mol. The molecule has 0 aliphatic rings. The predicted molar refractivity (Wildman–Crippen MR) is 111 cm³/mol. The van der Waals surface area contributed by atoms with Crippen LogP contribution in [0, 0.1) is 0 Å². The Hall–Kier alpha value is -3.09. The third kappa shape index (κ3) is 5.04. The van der Waals surface area contributed by atoms with Gasteiger partial charge in [0, 0.05) is 5.56 Å². The minimum Gasteiger partial charge on any atom is -0.493 e. The number of anilines is 1. The van der Waals surface area contributed by atoms with Crippen molar-refractivity contribution in [3.8, 4) is 17.2 Å². The molecule has 2 aromatic carbocycles. The number of ether oxygens (including phenoxy) is 3. The Balaban J connectivity index is 2.36. The minimum absolute atomic E-state index is 0.0971. The van der Waals surface area contributed by atoms with Gasteiger partial charge in [0.1, 0.15) is 0 Å². The summed E-state index contributed by atoms with van der Waals surface area (Å²) in [6, 6.07) is 8.24. The van der Waals surface area contributed by atoms with Crippen molar-refractivity contribution in [1.29, 1.82) is 0 Å². The zero-order valence-corrected chi connectivity index (χ0v) is 17.5. The smallest absolute Gasteiger partial charge is 0.270 e. The summed E-state index contributed by atoms with van der Waals surface area (Å²) >= 11 is 4.99. The number of sulfonamides is 1. The van der Waals surface area contributed by atoms with Gasteiger partial charge >= 0.3 is 0 Å². The summed E-state index contributed by atoms with van der Waals surface area (Å²) in [7, 11) is 0.429. The van der Waals surface area contributed by atoms with Gasteiger partial charge in [0.25, 0.3) is 5.91 Å². The maximum atomic E-state index is 12.8. The van der Waals surface area contributed by atoms with Gasteiger partial charge in [0.05, 0.1) is 31.9 Å². The van der Waals surface area contributed by atoms with Crippen molar-refractivity contribution in [2.45, 2.75) is 4.90 Å². The van der Waals surface area contributed by atoms with Crippen molar-refractivity contribution in [2.24, 2.45) is 10.9 Å². The molecule has 0 aliphatic heterocycles. The molecule has 0 fully saturated rings. The van der Waals surface area contributed by atoms with Gasteiger partial charge in [-0.05, 0) is 48.6 Å². The number of hydrazine groups is 1. The van der Waals surface area contributed by atoms with E-state index >= 15 is 0 Å². The number of hydrogen-bond donors (Lipinski definition) is 3. The van der Waals surface area contributed by atoms with Crippen LogP contribution in [0.5, 0.6) is 17.2 Å². The number of hydrogen-bond acceptors (Lipinski definition) is 7. The lowest BCUT2D eigenvalue weighted by Crippen LogP contribution is -2.49. The molecule has 0 aromatic heterocycles. The molecular formula is C17H20N4O6S2. The fraction of sp³-hybridized carbons (Fsp3) is 0.176. The molecule has 1 amide bonds. The predicted octanol–water partition coefficient (Wildman–Crippen LogP) is 0.755. The molecule has 0 radical (unpaired) electrons. The van der Waals surface area contributed by atoms with Gasteiger partial charge < -0.3 is 19.9 Å². The van der Waals surface area contributed by atoms with Crippen LogP contribution in [0.3, 0.4) is 0 Å². The van der Waals surface area contributed by atoms with Crippen LogP contribution in [0.15, 0.2) is 41.3 Å². The molecule has 0 saturated carbocycles. The average Bonchev–Trinajstić information content (AvgIpc) is 2.69. The van der Waals surface area contributed by atoms with Crippen LogP contribution in [0.1, 0.15) is 10.4 Å². The number of benzene rings is 2. The number of nitrogens with zero attached hydrogens (tertiary/aromatic N) is 1. The number of carbonyl (C=O) groups is 1. The van der Waals surface area contributed by atoms with E-state index in [1.807, 2.05) is 0 Å². The van der Waals surface area contributed by atoms with Gasteiger partial charge in [-0.1, -0.05) is 0 Å². The number of carbonyl (C=O) groups excluding carboxylic acids is 1. The molecule has 2 aromatic rings. The number of nitrogens with one attached hydrogen (secondary N) is 1. The Morgan fingerprint density at radius 3 is 1.93 bits per heavy atom. The molecule has 2 rings (SSSR count). The van der Waals surface area contributed by atoms with Crippen LogP contribution in [-0.4, -0.2) is 40.8 Å². The summed E-state index contributed by atoms with van der Waals surface area (Å²) in [5, 5.41) is 6.03. The molecule has 156 valence electrons. The summed E-state index contributed by atoms with van der Waals surface area (Å²) in [5.74, 6) is 0.330. The highest BCUT2D eigenvalue weighted by Gasteiger charge is 2.20. The van der Waals surface area contributed by atoms with Gasteiger partial charge in [-0.3, -0.25) is 10.2 Å².